The van der Waals surface area contributed by atoms with E-state index in [0.717, 1.165) is 25.9 Å². The number of hydrogen-bond donors (Lipinski definition) is 2. The minimum absolute atomic E-state index is 0.0452. The highest BCUT2D eigenvalue weighted by molar-refractivity contribution is 6.52. The monoisotopic (exact) mass is 349 g/mol. The van der Waals surface area contributed by atoms with Gasteiger partial charge in [0, 0.05) is 16.7 Å². The smallest absolute Gasteiger partial charge is 0.235 e. The van der Waals surface area contributed by atoms with E-state index in [4.69, 9.17) is 0 Å². The van der Waals surface area contributed by atoms with Crippen molar-refractivity contribution in [1.29, 1.82) is 0 Å². The third-order valence-electron chi connectivity index (χ3n) is 5.14. The first-order valence-corrected chi connectivity index (χ1v) is 8.73. The summed E-state index contributed by atoms with van der Waals surface area (Å²) < 4.78 is 0. The topological polar surface area (TPSA) is 77.8 Å². The van der Waals surface area contributed by atoms with Crippen LogP contribution in [0.5, 0.6) is 5.75 Å². The van der Waals surface area contributed by atoms with Gasteiger partial charge in [-0.05, 0) is 32.0 Å². The number of aliphatic hydroxyl groups excluding tert-OH is 1. The van der Waals surface area contributed by atoms with E-state index in [1.54, 1.807) is 48.5 Å². The van der Waals surface area contributed by atoms with Crippen LogP contribution < -0.4 is 0 Å². The van der Waals surface area contributed by atoms with E-state index in [2.05, 4.69) is 0 Å². The molecule has 132 valence electrons. The van der Waals surface area contributed by atoms with Crippen molar-refractivity contribution in [2.45, 2.75) is 18.9 Å². The molecule has 0 bridgehead atoms. The molecule has 0 aromatic heterocycles. The number of hydrogen-bond acceptors (Lipinski definition) is 5. The van der Waals surface area contributed by atoms with E-state index >= 15 is 0 Å². The highest BCUT2D eigenvalue weighted by Gasteiger charge is 2.41. The predicted octanol–water partition coefficient (Wildman–Crippen LogP) is 3.26. The summed E-state index contributed by atoms with van der Waals surface area (Å²) in [5, 5.41) is 21.3. The molecule has 5 nitrogen and oxygen atoms in total. The molecule has 2 aliphatic rings. The van der Waals surface area contributed by atoms with Gasteiger partial charge in [0.15, 0.2) is 0 Å². The molecular weight excluding hydrogens is 330 g/mol. The van der Waals surface area contributed by atoms with Crippen LogP contribution in [0.3, 0.4) is 0 Å². The molecule has 2 aromatic carbocycles. The van der Waals surface area contributed by atoms with Crippen molar-refractivity contribution in [3.63, 3.8) is 0 Å². The van der Waals surface area contributed by atoms with Gasteiger partial charge in [0.1, 0.15) is 11.5 Å². The second-order valence-electron chi connectivity index (χ2n) is 6.67. The molecule has 0 amide bonds. The number of benzene rings is 2. The molecule has 0 spiro atoms. The first-order valence-electron chi connectivity index (χ1n) is 8.73. The molecule has 1 heterocycles. The van der Waals surface area contributed by atoms with Gasteiger partial charge in [-0.25, -0.2) is 0 Å². The fourth-order valence-electron chi connectivity index (χ4n) is 3.89. The lowest BCUT2D eigenvalue weighted by Gasteiger charge is -2.32. The normalized spacial score (nSPS) is 18.9. The quantitative estimate of drug-likeness (QED) is 0.832. The number of phenols is 1. The summed E-state index contributed by atoms with van der Waals surface area (Å²) in [6, 6.07) is 12.7. The number of carbonyl (C=O) groups is 2. The molecule has 1 unspecified atom stereocenters. The van der Waals surface area contributed by atoms with E-state index in [-0.39, 0.29) is 22.6 Å². The van der Waals surface area contributed by atoms with Crippen molar-refractivity contribution in [2.75, 3.05) is 13.1 Å². The van der Waals surface area contributed by atoms with Crippen LogP contribution in [-0.2, 0) is 4.79 Å². The summed E-state index contributed by atoms with van der Waals surface area (Å²) in [5.74, 6) is -1.46. The predicted molar refractivity (Wildman–Crippen MR) is 97.0 cm³/mol. The maximum atomic E-state index is 12.9. The Morgan fingerprint density at radius 1 is 0.808 bits per heavy atom. The molecule has 4 rings (SSSR count). The van der Waals surface area contributed by atoms with Crippen molar-refractivity contribution >= 4 is 17.3 Å². The molecule has 2 aromatic rings. The Morgan fingerprint density at radius 2 is 1.42 bits per heavy atom. The van der Waals surface area contributed by atoms with Gasteiger partial charge in [0.25, 0.3) is 0 Å². The summed E-state index contributed by atoms with van der Waals surface area (Å²) in [6.07, 6.45) is 1.94. The highest BCUT2D eigenvalue weighted by Crippen LogP contribution is 2.41. The van der Waals surface area contributed by atoms with Gasteiger partial charge in [-0.3, -0.25) is 14.5 Å². The lowest BCUT2D eigenvalue weighted by atomic mass is 9.82. The van der Waals surface area contributed by atoms with Crippen molar-refractivity contribution in [1.82, 2.24) is 4.90 Å². The number of aromatic hydroxyl groups is 1. The van der Waals surface area contributed by atoms with Gasteiger partial charge < -0.3 is 10.2 Å². The number of nitrogens with zero attached hydrogens (tertiary/aromatic N) is 1. The zero-order valence-corrected chi connectivity index (χ0v) is 14.2. The maximum Gasteiger partial charge on any atom is 0.235 e. The van der Waals surface area contributed by atoms with Crippen molar-refractivity contribution in [3.05, 3.63) is 70.8 Å². The summed E-state index contributed by atoms with van der Waals surface area (Å²) in [7, 11) is 0. The molecule has 1 aliphatic heterocycles. The fourth-order valence-corrected chi connectivity index (χ4v) is 3.89. The maximum absolute atomic E-state index is 12.9. The molecular formula is C21H19NO4. The van der Waals surface area contributed by atoms with Crippen molar-refractivity contribution in [2.24, 2.45) is 0 Å². The van der Waals surface area contributed by atoms with Crippen LogP contribution in [0.15, 0.2) is 54.1 Å². The summed E-state index contributed by atoms with van der Waals surface area (Å²) in [4.78, 5) is 27.6. The van der Waals surface area contributed by atoms with Crippen LogP contribution in [0.1, 0.15) is 40.4 Å². The molecule has 2 N–H and O–H groups in total. The summed E-state index contributed by atoms with van der Waals surface area (Å²) in [6.45, 7) is 1.47. The second kappa shape index (κ2) is 6.42. The first kappa shape index (κ1) is 16.5. The minimum Gasteiger partial charge on any atom is -0.508 e. The van der Waals surface area contributed by atoms with E-state index in [1.807, 2.05) is 4.90 Å². The first-order chi connectivity index (χ1) is 12.6. The Balaban J connectivity index is 1.94. The molecule has 1 saturated heterocycles. The number of likely N-dealkylation sites (tertiary alicyclic amines) is 1. The van der Waals surface area contributed by atoms with Gasteiger partial charge in [0.05, 0.1) is 11.6 Å². The standard InChI is InChI=1S/C21H19NO4/c23-16-10-4-3-9-15(16)18(22-11-5-6-12-22)17-19(24)13-7-1-2-8-14(13)20(25)21(17)26/h1-4,7-10,18,23-24H,5-6,11-12H2. The van der Waals surface area contributed by atoms with Gasteiger partial charge >= 0.3 is 0 Å². The number of fused-ring (bicyclic) bond motifs is 1. The Hall–Kier alpha value is -2.92. The van der Waals surface area contributed by atoms with E-state index < -0.39 is 17.6 Å². The third kappa shape index (κ3) is 2.52. The van der Waals surface area contributed by atoms with Gasteiger partial charge in [0.2, 0.25) is 11.6 Å². The van der Waals surface area contributed by atoms with Crippen LogP contribution in [0, 0.1) is 0 Å². The van der Waals surface area contributed by atoms with E-state index in [9.17, 15) is 19.8 Å². The third-order valence-corrected chi connectivity index (χ3v) is 5.14. The van der Waals surface area contributed by atoms with Crippen LogP contribution in [-0.4, -0.2) is 39.8 Å². The fraction of sp³-hybridized carbons (Fsp3) is 0.238. The van der Waals surface area contributed by atoms with Gasteiger partial charge in [-0.2, -0.15) is 0 Å². The number of phenolic OH excluding ortho intramolecular Hbond substituents is 1. The zero-order valence-electron chi connectivity index (χ0n) is 14.2. The largest absolute Gasteiger partial charge is 0.508 e. The number of para-hydroxylation sites is 1. The molecule has 5 heteroatoms. The minimum atomic E-state index is -0.707. The van der Waals surface area contributed by atoms with Crippen LogP contribution in [0.4, 0.5) is 0 Å². The van der Waals surface area contributed by atoms with Gasteiger partial charge in [-0.15, -0.1) is 0 Å². The molecule has 0 saturated carbocycles. The number of aliphatic hydroxyl groups is 1. The SMILES string of the molecule is O=C1C(=O)c2ccccc2C(O)=C1C(c1ccccc1O)N1CCCC1. The molecule has 1 fully saturated rings. The van der Waals surface area contributed by atoms with Crippen LogP contribution in [0.25, 0.3) is 5.76 Å². The molecule has 26 heavy (non-hydrogen) atoms. The number of ketones is 2. The van der Waals surface area contributed by atoms with E-state index in [1.165, 1.54) is 0 Å². The lowest BCUT2D eigenvalue weighted by molar-refractivity contribution is -0.112. The molecule has 0 radical (unpaired) electrons. The Bertz CT molecular complexity index is 925. The van der Waals surface area contributed by atoms with Crippen molar-refractivity contribution in [3.8, 4) is 5.75 Å². The number of Topliss-reactive ketones (excluding diaryl/α,β-unsaturated/α-hetero) is 2. The Labute approximate surface area is 151 Å². The number of carbonyl (C=O) groups excluding carboxylic acids is 2. The average molecular weight is 349 g/mol. The Kier molecular flexibility index (Phi) is 4.09. The van der Waals surface area contributed by atoms with Gasteiger partial charge in [-0.1, -0.05) is 42.5 Å². The summed E-state index contributed by atoms with van der Waals surface area (Å²) >= 11 is 0. The van der Waals surface area contributed by atoms with Crippen LogP contribution >= 0.6 is 0 Å². The summed E-state index contributed by atoms with van der Waals surface area (Å²) in [5.41, 5.74) is 1.16. The number of rotatable bonds is 3. The highest BCUT2D eigenvalue weighted by atomic mass is 16.3. The Morgan fingerprint density at radius 3 is 2.12 bits per heavy atom. The second-order valence-corrected chi connectivity index (χ2v) is 6.67. The zero-order chi connectivity index (χ0) is 18.3. The molecule has 1 atom stereocenters. The van der Waals surface area contributed by atoms with Crippen molar-refractivity contribution < 1.29 is 19.8 Å². The lowest BCUT2D eigenvalue weighted by Crippen LogP contribution is -2.35. The molecule has 1 aliphatic carbocycles. The van der Waals surface area contributed by atoms with Crippen LogP contribution in [0.2, 0.25) is 0 Å². The average Bonchev–Trinajstić information content (AvgIpc) is 3.18. The van der Waals surface area contributed by atoms with E-state index in [0.29, 0.717) is 11.1 Å².